The minimum absolute atomic E-state index is 0.147. The van der Waals surface area contributed by atoms with Crippen LogP contribution >= 0.6 is 0 Å². The molecule has 1 aliphatic rings. The van der Waals surface area contributed by atoms with Gasteiger partial charge in [-0.3, -0.25) is 14.6 Å². The second kappa shape index (κ2) is 9.65. The molecule has 2 aromatic heterocycles. The Balaban J connectivity index is 1.14. The Morgan fingerprint density at radius 2 is 1.71 bits per heavy atom. The summed E-state index contributed by atoms with van der Waals surface area (Å²) >= 11 is 0. The fraction of sp³-hybridized carbons (Fsp3) is 0.280. The van der Waals surface area contributed by atoms with E-state index in [9.17, 15) is 13.2 Å². The van der Waals surface area contributed by atoms with Crippen LogP contribution in [0.25, 0.3) is 21.8 Å². The van der Waals surface area contributed by atoms with E-state index in [1.54, 1.807) is 12.4 Å². The van der Waals surface area contributed by atoms with Crippen LogP contribution in [0, 0.1) is 0 Å². The molecule has 1 amide bonds. The number of benzene rings is 2. The Kier molecular flexibility index (Phi) is 6.42. The van der Waals surface area contributed by atoms with Crippen molar-refractivity contribution in [3.8, 4) is 0 Å². The number of aromatic amines is 1. The molecule has 0 saturated carbocycles. The van der Waals surface area contributed by atoms with Crippen molar-refractivity contribution in [3.63, 3.8) is 0 Å². The maximum absolute atomic E-state index is 12.4. The van der Waals surface area contributed by atoms with E-state index in [1.165, 1.54) is 10.2 Å². The predicted molar refractivity (Wildman–Crippen MR) is 138 cm³/mol. The summed E-state index contributed by atoms with van der Waals surface area (Å²) in [6, 6.07) is 15.5. The molecule has 182 valence electrons. The third-order valence-electron chi connectivity index (χ3n) is 6.36. The number of para-hydroxylation sites is 2. The normalized spacial score (nSPS) is 15.9. The summed E-state index contributed by atoms with van der Waals surface area (Å²) in [4.78, 5) is 19.9. The van der Waals surface area contributed by atoms with Crippen LogP contribution in [-0.4, -0.2) is 78.3 Å². The van der Waals surface area contributed by atoms with Crippen molar-refractivity contribution in [2.45, 2.75) is 6.54 Å². The van der Waals surface area contributed by atoms with Crippen molar-refractivity contribution < 1.29 is 13.2 Å². The molecule has 0 aliphatic carbocycles. The number of carbonyl (C=O) groups excluding carboxylic acids is 1. The van der Waals surface area contributed by atoms with Gasteiger partial charge in [0, 0.05) is 67.0 Å². The van der Waals surface area contributed by atoms with E-state index in [4.69, 9.17) is 0 Å². The fourth-order valence-electron chi connectivity index (χ4n) is 4.58. The van der Waals surface area contributed by atoms with Crippen LogP contribution < -0.4 is 5.43 Å². The Labute approximate surface area is 204 Å². The van der Waals surface area contributed by atoms with Crippen LogP contribution in [0.5, 0.6) is 0 Å². The van der Waals surface area contributed by atoms with Crippen molar-refractivity contribution in [1.82, 2.24) is 24.2 Å². The second-order valence-corrected chi connectivity index (χ2v) is 10.7. The Hall–Kier alpha value is -3.47. The molecule has 5 rings (SSSR count). The minimum Gasteiger partial charge on any atom is -0.361 e. The van der Waals surface area contributed by atoms with E-state index in [1.807, 2.05) is 54.7 Å². The minimum atomic E-state index is -3.37. The van der Waals surface area contributed by atoms with E-state index >= 15 is 0 Å². The maximum Gasteiger partial charge on any atom is 0.254 e. The SMILES string of the molecule is CS(=O)(=O)n1cc(CN2CCN(CC(=O)N/N=C\c3c[nH]c4ccccc34)CC2)c2ccccc21. The summed E-state index contributed by atoms with van der Waals surface area (Å²) in [5.41, 5.74) is 6.26. The highest BCUT2D eigenvalue weighted by atomic mass is 32.2. The van der Waals surface area contributed by atoms with Gasteiger partial charge in [0.25, 0.3) is 5.91 Å². The third kappa shape index (κ3) is 5.14. The summed E-state index contributed by atoms with van der Waals surface area (Å²) < 4.78 is 25.7. The lowest BCUT2D eigenvalue weighted by Gasteiger charge is -2.34. The molecule has 1 saturated heterocycles. The lowest BCUT2D eigenvalue weighted by atomic mass is 10.1. The second-order valence-electron chi connectivity index (χ2n) is 8.87. The topological polar surface area (TPSA) is 103 Å². The van der Waals surface area contributed by atoms with Crippen molar-refractivity contribution in [1.29, 1.82) is 0 Å². The van der Waals surface area contributed by atoms with Crippen LogP contribution in [0.1, 0.15) is 11.1 Å². The highest BCUT2D eigenvalue weighted by Crippen LogP contribution is 2.24. The monoisotopic (exact) mass is 492 g/mol. The van der Waals surface area contributed by atoms with Crippen molar-refractivity contribution in [2.75, 3.05) is 39.0 Å². The van der Waals surface area contributed by atoms with Gasteiger partial charge in [0.15, 0.2) is 0 Å². The number of hydrogen-bond donors (Lipinski definition) is 2. The number of H-pyrrole nitrogens is 1. The number of nitrogens with zero attached hydrogens (tertiary/aromatic N) is 4. The van der Waals surface area contributed by atoms with Gasteiger partial charge in [0.05, 0.1) is 24.5 Å². The summed E-state index contributed by atoms with van der Waals surface area (Å²) in [7, 11) is -3.37. The van der Waals surface area contributed by atoms with E-state index in [0.717, 1.165) is 53.6 Å². The number of aromatic nitrogens is 2. The number of nitrogens with one attached hydrogen (secondary N) is 2. The first-order valence-corrected chi connectivity index (χ1v) is 13.4. The molecule has 0 spiro atoms. The molecule has 4 aromatic rings. The zero-order chi connectivity index (χ0) is 24.4. The van der Waals surface area contributed by atoms with Crippen LogP contribution in [0.4, 0.5) is 0 Å². The Bertz CT molecular complexity index is 1500. The molecular weight excluding hydrogens is 464 g/mol. The number of fused-ring (bicyclic) bond motifs is 2. The summed E-state index contributed by atoms with van der Waals surface area (Å²) in [6.45, 7) is 4.05. The lowest BCUT2D eigenvalue weighted by Crippen LogP contribution is -2.48. The summed E-state index contributed by atoms with van der Waals surface area (Å²) in [5, 5.41) is 6.13. The van der Waals surface area contributed by atoms with Crippen LogP contribution in [0.15, 0.2) is 66.0 Å². The zero-order valence-electron chi connectivity index (χ0n) is 19.5. The highest BCUT2D eigenvalue weighted by molar-refractivity contribution is 7.89. The van der Waals surface area contributed by atoms with Gasteiger partial charge in [-0.15, -0.1) is 0 Å². The molecule has 1 fully saturated rings. The van der Waals surface area contributed by atoms with Crippen molar-refractivity contribution in [2.24, 2.45) is 5.10 Å². The van der Waals surface area contributed by atoms with Crippen molar-refractivity contribution >= 4 is 44.0 Å². The first-order valence-electron chi connectivity index (χ1n) is 11.5. The van der Waals surface area contributed by atoms with Crippen LogP contribution in [0.3, 0.4) is 0 Å². The number of hydrazone groups is 1. The van der Waals surface area contributed by atoms with Gasteiger partial charge in [-0.1, -0.05) is 36.4 Å². The Morgan fingerprint density at radius 3 is 2.49 bits per heavy atom. The smallest absolute Gasteiger partial charge is 0.254 e. The Morgan fingerprint density at radius 1 is 1.03 bits per heavy atom. The molecule has 2 N–H and O–H groups in total. The van der Waals surface area contributed by atoms with E-state index in [2.05, 4.69) is 25.3 Å². The average Bonchev–Trinajstić information content (AvgIpc) is 3.42. The van der Waals surface area contributed by atoms with Gasteiger partial charge in [-0.2, -0.15) is 5.10 Å². The molecule has 10 heteroatoms. The molecule has 0 unspecified atom stereocenters. The third-order valence-corrected chi connectivity index (χ3v) is 7.37. The molecule has 0 atom stereocenters. The van der Waals surface area contributed by atoms with Gasteiger partial charge in [-0.25, -0.2) is 17.8 Å². The van der Waals surface area contributed by atoms with Crippen LogP contribution in [-0.2, 0) is 21.4 Å². The number of carbonyl (C=O) groups is 1. The number of hydrogen-bond acceptors (Lipinski definition) is 6. The van der Waals surface area contributed by atoms with Gasteiger partial charge in [0.2, 0.25) is 10.0 Å². The standard InChI is InChI=1S/C25H28N6O3S/c1-35(33,34)31-17-20(22-7-3-5-9-24(22)31)16-29-10-12-30(13-11-29)18-25(32)28-27-15-19-14-26-23-8-4-2-6-21(19)23/h2-9,14-15,17,26H,10-13,16,18H2,1H3,(H,28,32)/b27-15-. The molecule has 9 nitrogen and oxygen atoms in total. The zero-order valence-corrected chi connectivity index (χ0v) is 20.3. The average molecular weight is 493 g/mol. The van der Waals surface area contributed by atoms with Gasteiger partial charge in [0.1, 0.15) is 0 Å². The molecular formula is C25H28N6O3S. The molecule has 2 aromatic carbocycles. The fourth-order valence-corrected chi connectivity index (χ4v) is 5.41. The van der Waals surface area contributed by atoms with Crippen molar-refractivity contribution in [3.05, 3.63) is 72.1 Å². The first-order chi connectivity index (χ1) is 16.9. The summed E-state index contributed by atoms with van der Waals surface area (Å²) in [5.74, 6) is -0.147. The summed E-state index contributed by atoms with van der Waals surface area (Å²) in [6.07, 6.45) is 6.47. The predicted octanol–water partition coefficient (Wildman–Crippen LogP) is 2.20. The molecule has 35 heavy (non-hydrogen) atoms. The van der Waals surface area contributed by atoms with Gasteiger partial charge >= 0.3 is 0 Å². The molecule has 0 bridgehead atoms. The van der Waals surface area contributed by atoms with E-state index < -0.39 is 10.0 Å². The number of rotatable bonds is 7. The first kappa shape index (κ1) is 23.3. The van der Waals surface area contributed by atoms with E-state index in [0.29, 0.717) is 12.1 Å². The molecule has 1 aliphatic heterocycles. The quantitative estimate of drug-likeness (QED) is 0.304. The van der Waals surface area contributed by atoms with E-state index in [-0.39, 0.29) is 12.5 Å². The van der Waals surface area contributed by atoms with Gasteiger partial charge < -0.3 is 4.98 Å². The lowest BCUT2D eigenvalue weighted by molar-refractivity contribution is -0.122. The maximum atomic E-state index is 12.4. The number of amides is 1. The molecule has 0 radical (unpaired) electrons. The molecule has 3 heterocycles. The largest absolute Gasteiger partial charge is 0.361 e. The van der Waals surface area contributed by atoms with Crippen LogP contribution in [0.2, 0.25) is 0 Å². The highest BCUT2D eigenvalue weighted by Gasteiger charge is 2.21. The van der Waals surface area contributed by atoms with Gasteiger partial charge in [-0.05, 0) is 17.7 Å². The number of piperazine rings is 1.